The number of aliphatic hydroxyl groups is 1. The van der Waals surface area contributed by atoms with E-state index in [-0.39, 0.29) is 5.02 Å². The summed E-state index contributed by atoms with van der Waals surface area (Å²) in [6.45, 7) is 2.78. The Morgan fingerprint density at radius 2 is 2.21 bits per heavy atom. The number of benzene rings is 1. The minimum atomic E-state index is -0.790. The molecule has 19 heavy (non-hydrogen) atoms. The standard InChI is InChI=1S/C14H15ClFNO2/c1-9-4-5-19-14(9)8-17-7-13(18)10-2-3-11(15)12(16)6-10/h2-6,13,17-18H,7-8H2,1H3. The Balaban J connectivity index is 1.89. The second-order valence-corrected chi connectivity index (χ2v) is 4.75. The van der Waals surface area contributed by atoms with Gasteiger partial charge in [-0.25, -0.2) is 4.39 Å². The molecule has 0 aliphatic carbocycles. The number of halogens is 2. The lowest BCUT2D eigenvalue weighted by molar-refractivity contribution is 0.173. The molecule has 0 saturated heterocycles. The van der Waals surface area contributed by atoms with Crippen LogP contribution in [0.1, 0.15) is 23.0 Å². The molecule has 3 nitrogen and oxygen atoms in total. The van der Waals surface area contributed by atoms with Gasteiger partial charge in [0, 0.05) is 6.54 Å². The maximum absolute atomic E-state index is 13.3. The lowest BCUT2D eigenvalue weighted by Crippen LogP contribution is -2.21. The van der Waals surface area contributed by atoms with Gasteiger partial charge in [-0.3, -0.25) is 0 Å². The number of aryl methyl sites for hydroxylation is 1. The van der Waals surface area contributed by atoms with Crippen LogP contribution in [-0.4, -0.2) is 11.7 Å². The van der Waals surface area contributed by atoms with Crippen molar-refractivity contribution in [3.63, 3.8) is 0 Å². The summed E-state index contributed by atoms with van der Waals surface area (Å²) in [5, 5.41) is 13.0. The highest BCUT2D eigenvalue weighted by Crippen LogP contribution is 2.20. The predicted octanol–water partition coefficient (Wildman–Crippen LogP) is 3.20. The minimum absolute atomic E-state index is 0.0510. The normalized spacial score (nSPS) is 12.6. The van der Waals surface area contributed by atoms with Gasteiger partial charge in [-0.2, -0.15) is 0 Å². The molecular weight excluding hydrogens is 269 g/mol. The van der Waals surface area contributed by atoms with Crippen LogP contribution in [0.15, 0.2) is 34.9 Å². The number of rotatable bonds is 5. The summed E-state index contributed by atoms with van der Waals surface area (Å²) in [6.07, 6.45) is 0.833. The fourth-order valence-corrected chi connectivity index (χ4v) is 1.86. The van der Waals surface area contributed by atoms with Crippen molar-refractivity contribution in [3.8, 4) is 0 Å². The Hall–Kier alpha value is -1.36. The Kier molecular flexibility index (Phi) is 4.58. The van der Waals surface area contributed by atoms with Crippen LogP contribution in [-0.2, 0) is 6.54 Å². The Morgan fingerprint density at radius 1 is 1.42 bits per heavy atom. The van der Waals surface area contributed by atoms with Crippen LogP contribution >= 0.6 is 11.6 Å². The van der Waals surface area contributed by atoms with Gasteiger partial charge >= 0.3 is 0 Å². The Bertz CT molecular complexity index is 556. The maximum atomic E-state index is 13.3. The predicted molar refractivity (Wildman–Crippen MR) is 71.5 cm³/mol. The van der Waals surface area contributed by atoms with E-state index in [0.717, 1.165) is 11.3 Å². The van der Waals surface area contributed by atoms with Crippen LogP contribution in [0.3, 0.4) is 0 Å². The van der Waals surface area contributed by atoms with Crippen molar-refractivity contribution in [1.82, 2.24) is 5.32 Å². The molecule has 102 valence electrons. The van der Waals surface area contributed by atoms with Gasteiger partial charge in [-0.05, 0) is 36.2 Å². The molecule has 0 amide bonds. The van der Waals surface area contributed by atoms with E-state index < -0.39 is 11.9 Å². The number of hydrogen-bond acceptors (Lipinski definition) is 3. The number of aliphatic hydroxyl groups excluding tert-OH is 1. The molecule has 1 atom stereocenters. The van der Waals surface area contributed by atoms with Crippen LogP contribution in [0.4, 0.5) is 4.39 Å². The van der Waals surface area contributed by atoms with Gasteiger partial charge in [-0.1, -0.05) is 17.7 Å². The second-order valence-electron chi connectivity index (χ2n) is 4.35. The van der Waals surface area contributed by atoms with Crippen molar-refractivity contribution in [2.45, 2.75) is 19.6 Å². The highest BCUT2D eigenvalue weighted by molar-refractivity contribution is 6.30. The van der Waals surface area contributed by atoms with Crippen LogP contribution < -0.4 is 5.32 Å². The van der Waals surface area contributed by atoms with E-state index in [2.05, 4.69) is 5.32 Å². The monoisotopic (exact) mass is 283 g/mol. The van der Waals surface area contributed by atoms with E-state index in [4.69, 9.17) is 16.0 Å². The number of nitrogens with one attached hydrogen (secondary N) is 1. The van der Waals surface area contributed by atoms with Gasteiger partial charge in [-0.15, -0.1) is 0 Å². The summed E-state index contributed by atoms with van der Waals surface area (Å²) in [7, 11) is 0. The average molecular weight is 284 g/mol. The molecule has 0 bridgehead atoms. The summed E-state index contributed by atoms with van der Waals surface area (Å²) in [4.78, 5) is 0. The van der Waals surface area contributed by atoms with E-state index in [0.29, 0.717) is 18.7 Å². The molecule has 1 unspecified atom stereocenters. The lowest BCUT2D eigenvalue weighted by Gasteiger charge is -2.12. The first kappa shape index (κ1) is 14.1. The number of furan rings is 1. The summed E-state index contributed by atoms with van der Waals surface area (Å²) in [6, 6.07) is 6.16. The summed E-state index contributed by atoms with van der Waals surface area (Å²) >= 11 is 5.59. The minimum Gasteiger partial charge on any atom is -0.468 e. The first-order valence-electron chi connectivity index (χ1n) is 5.94. The van der Waals surface area contributed by atoms with Gasteiger partial charge < -0.3 is 14.8 Å². The third-order valence-electron chi connectivity index (χ3n) is 2.92. The molecule has 0 spiro atoms. The smallest absolute Gasteiger partial charge is 0.142 e. The average Bonchev–Trinajstić information content (AvgIpc) is 2.78. The lowest BCUT2D eigenvalue weighted by atomic mass is 10.1. The maximum Gasteiger partial charge on any atom is 0.142 e. The molecule has 0 aliphatic rings. The molecule has 1 aromatic heterocycles. The third-order valence-corrected chi connectivity index (χ3v) is 3.23. The van der Waals surface area contributed by atoms with Gasteiger partial charge in [0.2, 0.25) is 0 Å². The summed E-state index contributed by atoms with van der Waals surface area (Å²) in [5.74, 6) is 0.301. The van der Waals surface area contributed by atoms with Crippen molar-refractivity contribution in [2.24, 2.45) is 0 Å². The van der Waals surface area contributed by atoms with E-state index in [1.165, 1.54) is 12.1 Å². The zero-order chi connectivity index (χ0) is 13.8. The zero-order valence-corrected chi connectivity index (χ0v) is 11.2. The molecule has 0 fully saturated rings. The van der Waals surface area contributed by atoms with Crippen LogP contribution in [0.2, 0.25) is 5.02 Å². The second kappa shape index (κ2) is 6.19. The first-order chi connectivity index (χ1) is 9.08. The fraction of sp³-hybridized carbons (Fsp3) is 0.286. The molecular formula is C14H15ClFNO2. The molecule has 0 aliphatic heterocycles. The zero-order valence-electron chi connectivity index (χ0n) is 10.5. The Morgan fingerprint density at radius 3 is 2.84 bits per heavy atom. The van der Waals surface area contributed by atoms with Crippen molar-refractivity contribution in [3.05, 3.63) is 58.3 Å². The van der Waals surface area contributed by atoms with Crippen LogP contribution in [0, 0.1) is 12.7 Å². The van der Waals surface area contributed by atoms with Gasteiger partial charge in [0.25, 0.3) is 0 Å². The van der Waals surface area contributed by atoms with E-state index in [9.17, 15) is 9.50 Å². The fourth-order valence-electron chi connectivity index (χ4n) is 1.75. The van der Waals surface area contributed by atoms with Crippen molar-refractivity contribution in [1.29, 1.82) is 0 Å². The van der Waals surface area contributed by atoms with Crippen molar-refractivity contribution in [2.75, 3.05) is 6.54 Å². The van der Waals surface area contributed by atoms with Crippen LogP contribution in [0.5, 0.6) is 0 Å². The molecule has 0 saturated carbocycles. The van der Waals surface area contributed by atoms with Gasteiger partial charge in [0.1, 0.15) is 11.6 Å². The highest BCUT2D eigenvalue weighted by atomic mass is 35.5. The molecule has 2 aromatic rings. The van der Waals surface area contributed by atoms with E-state index >= 15 is 0 Å². The number of hydrogen-bond donors (Lipinski definition) is 2. The summed E-state index contributed by atoms with van der Waals surface area (Å²) in [5.41, 5.74) is 1.55. The molecule has 2 rings (SSSR count). The molecule has 5 heteroatoms. The molecule has 0 radical (unpaired) electrons. The van der Waals surface area contributed by atoms with Gasteiger partial charge in [0.15, 0.2) is 0 Å². The van der Waals surface area contributed by atoms with E-state index in [1.807, 2.05) is 13.0 Å². The van der Waals surface area contributed by atoms with Crippen molar-refractivity contribution >= 4 is 11.6 Å². The molecule has 2 N–H and O–H groups in total. The largest absolute Gasteiger partial charge is 0.468 e. The van der Waals surface area contributed by atoms with E-state index in [1.54, 1.807) is 12.3 Å². The highest BCUT2D eigenvalue weighted by Gasteiger charge is 2.10. The summed E-state index contributed by atoms with van der Waals surface area (Å²) < 4.78 is 18.5. The van der Waals surface area contributed by atoms with Gasteiger partial charge in [0.05, 0.1) is 23.9 Å². The Labute approximate surface area is 116 Å². The first-order valence-corrected chi connectivity index (χ1v) is 6.32. The molecule has 1 aromatic carbocycles. The molecule has 1 heterocycles. The third kappa shape index (κ3) is 3.56. The SMILES string of the molecule is Cc1ccoc1CNCC(O)c1ccc(Cl)c(F)c1. The topological polar surface area (TPSA) is 45.4 Å². The van der Waals surface area contributed by atoms with Crippen LogP contribution in [0.25, 0.3) is 0 Å². The quantitative estimate of drug-likeness (QED) is 0.886. The van der Waals surface area contributed by atoms with Crippen molar-refractivity contribution < 1.29 is 13.9 Å².